The van der Waals surface area contributed by atoms with E-state index in [-0.39, 0.29) is 11.8 Å². The molecule has 0 atom stereocenters. The number of aromatic nitrogens is 1. The molecule has 0 bridgehead atoms. The molecule has 2 rings (SSSR count). The van der Waals surface area contributed by atoms with Crippen LogP contribution in [0, 0.1) is 6.92 Å². The highest BCUT2D eigenvalue weighted by Gasteiger charge is 2.17. The zero-order chi connectivity index (χ0) is 16.1. The first kappa shape index (κ1) is 16.1. The lowest BCUT2D eigenvalue weighted by atomic mass is 10.0. The largest absolute Gasteiger partial charge is 0.356 e. The summed E-state index contributed by atoms with van der Waals surface area (Å²) in [6, 6.07) is 6.09. The summed E-state index contributed by atoms with van der Waals surface area (Å²) >= 11 is 0. The number of aromatic amines is 1. The molecule has 0 radical (unpaired) electrons. The highest BCUT2D eigenvalue weighted by molar-refractivity contribution is 6.01. The van der Waals surface area contributed by atoms with Gasteiger partial charge in [-0.05, 0) is 44.4 Å². The number of amides is 2. The van der Waals surface area contributed by atoms with Gasteiger partial charge in [0.2, 0.25) is 5.91 Å². The van der Waals surface area contributed by atoms with E-state index < -0.39 is 0 Å². The second-order valence-corrected chi connectivity index (χ2v) is 5.41. The van der Waals surface area contributed by atoms with Crippen molar-refractivity contribution in [1.29, 1.82) is 0 Å². The molecule has 118 valence electrons. The van der Waals surface area contributed by atoms with E-state index in [1.54, 1.807) is 7.05 Å². The van der Waals surface area contributed by atoms with Gasteiger partial charge in [-0.15, -0.1) is 0 Å². The van der Waals surface area contributed by atoms with Crippen molar-refractivity contribution in [3.8, 4) is 0 Å². The van der Waals surface area contributed by atoms with Crippen molar-refractivity contribution in [2.24, 2.45) is 0 Å². The van der Waals surface area contributed by atoms with Crippen molar-refractivity contribution in [2.45, 2.75) is 33.1 Å². The van der Waals surface area contributed by atoms with Crippen molar-refractivity contribution in [1.82, 2.24) is 15.6 Å². The third kappa shape index (κ3) is 3.47. The summed E-state index contributed by atoms with van der Waals surface area (Å²) in [5.74, 6) is -0.0677. The monoisotopic (exact) mass is 301 g/mol. The van der Waals surface area contributed by atoms with Crippen LogP contribution in [0.3, 0.4) is 0 Å². The minimum atomic E-state index is -0.123. The maximum Gasteiger partial charge on any atom is 0.267 e. The molecule has 0 saturated carbocycles. The molecule has 5 heteroatoms. The molecule has 0 aliphatic rings. The zero-order valence-corrected chi connectivity index (χ0v) is 13.4. The van der Waals surface area contributed by atoms with E-state index in [0.29, 0.717) is 25.1 Å². The third-order valence-electron chi connectivity index (χ3n) is 3.72. The number of fused-ring (bicyclic) bond motifs is 1. The van der Waals surface area contributed by atoms with Crippen molar-refractivity contribution >= 4 is 22.7 Å². The summed E-state index contributed by atoms with van der Waals surface area (Å²) in [7, 11) is 1.62. The first-order valence-corrected chi connectivity index (χ1v) is 7.66. The van der Waals surface area contributed by atoms with E-state index in [4.69, 9.17) is 0 Å². The number of benzene rings is 1. The predicted molar refractivity (Wildman–Crippen MR) is 88.0 cm³/mol. The van der Waals surface area contributed by atoms with E-state index in [0.717, 1.165) is 28.5 Å². The molecule has 0 aliphatic carbocycles. The highest BCUT2D eigenvalue weighted by Crippen LogP contribution is 2.25. The minimum Gasteiger partial charge on any atom is -0.356 e. The number of nitrogens with one attached hydrogen (secondary N) is 3. The van der Waals surface area contributed by atoms with Gasteiger partial charge in [0.25, 0.3) is 5.91 Å². The highest BCUT2D eigenvalue weighted by atomic mass is 16.2. The molecular weight excluding hydrogens is 278 g/mol. The smallest absolute Gasteiger partial charge is 0.267 e. The first-order valence-electron chi connectivity index (χ1n) is 7.66. The Morgan fingerprint density at radius 2 is 2.05 bits per heavy atom. The lowest BCUT2D eigenvalue weighted by molar-refractivity contribution is -0.121. The van der Waals surface area contributed by atoms with Gasteiger partial charge >= 0.3 is 0 Å². The number of hydrogen-bond donors (Lipinski definition) is 3. The van der Waals surface area contributed by atoms with E-state index in [1.165, 1.54) is 0 Å². The van der Waals surface area contributed by atoms with Crippen LogP contribution in [0.5, 0.6) is 0 Å². The zero-order valence-electron chi connectivity index (χ0n) is 13.4. The summed E-state index contributed by atoms with van der Waals surface area (Å²) in [5, 5.41) is 6.53. The average Bonchev–Trinajstić information content (AvgIpc) is 2.85. The Morgan fingerprint density at radius 3 is 2.73 bits per heavy atom. The molecular formula is C17H23N3O2. The third-order valence-corrected chi connectivity index (χ3v) is 3.72. The molecule has 2 aromatic rings. The SMILES string of the molecule is CCNC(=O)CCCc1c(C(=O)NC)[nH]c2ccc(C)cc12. The van der Waals surface area contributed by atoms with Crippen LogP contribution in [0.2, 0.25) is 0 Å². The van der Waals surface area contributed by atoms with Gasteiger partial charge in [-0.25, -0.2) is 0 Å². The van der Waals surface area contributed by atoms with Gasteiger partial charge in [0.1, 0.15) is 5.69 Å². The fourth-order valence-electron chi connectivity index (χ4n) is 2.65. The Morgan fingerprint density at radius 1 is 1.27 bits per heavy atom. The minimum absolute atomic E-state index is 0.0556. The number of carbonyl (C=O) groups is 2. The summed E-state index contributed by atoms with van der Waals surface area (Å²) in [4.78, 5) is 26.8. The van der Waals surface area contributed by atoms with Gasteiger partial charge in [0.05, 0.1) is 0 Å². The molecule has 22 heavy (non-hydrogen) atoms. The van der Waals surface area contributed by atoms with Crippen LogP contribution < -0.4 is 10.6 Å². The maximum atomic E-state index is 12.1. The van der Waals surface area contributed by atoms with Gasteiger partial charge in [0.15, 0.2) is 0 Å². The van der Waals surface area contributed by atoms with Crippen molar-refractivity contribution in [3.63, 3.8) is 0 Å². The quantitative estimate of drug-likeness (QED) is 0.766. The molecule has 0 fully saturated rings. The Balaban J connectivity index is 2.26. The van der Waals surface area contributed by atoms with Crippen LogP contribution >= 0.6 is 0 Å². The molecule has 2 amide bonds. The summed E-state index contributed by atoms with van der Waals surface area (Å²) in [5.41, 5.74) is 3.69. The number of aryl methyl sites for hydroxylation is 2. The van der Waals surface area contributed by atoms with Crippen LogP contribution in [0.1, 0.15) is 41.4 Å². The molecule has 0 spiro atoms. The normalized spacial score (nSPS) is 10.7. The first-order chi connectivity index (χ1) is 10.6. The van der Waals surface area contributed by atoms with E-state index in [9.17, 15) is 9.59 Å². The molecule has 1 aromatic carbocycles. The second kappa shape index (κ2) is 7.11. The summed E-state index contributed by atoms with van der Waals surface area (Å²) < 4.78 is 0. The molecule has 1 heterocycles. The molecule has 5 nitrogen and oxygen atoms in total. The van der Waals surface area contributed by atoms with Crippen LogP contribution in [0.15, 0.2) is 18.2 Å². The molecule has 0 unspecified atom stereocenters. The van der Waals surface area contributed by atoms with Gasteiger partial charge in [-0.3, -0.25) is 9.59 Å². The van der Waals surface area contributed by atoms with Crippen LogP contribution in [-0.4, -0.2) is 30.4 Å². The Bertz CT molecular complexity index is 689. The number of carbonyl (C=O) groups excluding carboxylic acids is 2. The van der Waals surface area contributed by atoms with Gasteiger partial charge in [0, 0.05) is 30.9 Å². The van der Waals surface area contributed by atoms with Crippen molar-refractivity contribution in [2.75, 3.05) is 13.6 Å². The average molecular weight is 301 g/mol. The Hall–Kier alpha value is -2.30. The number of H-pyrrole nitrogens is 1. The summed E-state index contributed by atoms with van der Waals surface area (Å²) in [6.45, 7) is 4.59. The van der Waals surface area contributed by atoms with Crippen molar-refractivity contribution in [3.05, 3.63) is 35.0 Å². The maximum absolute atomic E-state index is 12.1. The van der Waals surface area contributed by atoms with Crippen molar-refractivity contribution < 1.29 is 9.59 Å². The lowest BCUT2D eigenvalue weighted by Gasteiger charge is -2.05. The summed E-state index contributed by atoms with van der Waals surface area (Å²) in [6.07, 6.45) is 1.89. The van der Waals surface area contributed by atoms with Gasteiger partial charge < -0.3 is 15.6 Å². The Labute approximate surface area is 130 Å². The van der Waals surface area contributed by atoms with E-state index >= 15 is 0 Å². The van der Waals surface area contributed by atoms with Gasteiger partial charge in [-0.1, -0.05) is 11.6 Å². The van der Waals surface area contributed by atoms with Gasteiger partial charge in [-0.2, -0.15) is 0 Å². The molecule has 0 aliphatic heterocycles. The number of hydrogen-bond acceptors (Lipinski definition) is 2. The van der Waals surface area contributed by atoms with E-state index in [1.807, 2.05) is 26.0 Å². The fraction of sp³-hybridized carbons (Fsp3) is 0.412. The fourth-order valence-corrected chi connectivity index (χ4v) is 2.65. The van der Waals surface area contributed by atoms with Crippen LogP contribution in [0.4, 0.5) is 0 Å². The van der Waals surface area contributed by atoms with E-state index in [2.05, 4.69) is 21.7 Å². The predicted octanol–water partition coefficient (Wildman–Crippen LogP) is 2.29. The Kier molecular flexibility index (Phi) is 5.20. The van der Waals surface area contributed by atoms with Crippen LogP contribution in [-0.2, 0) is 11.2 Å². The standard InChI is InChI=1S/C17H23N3O2/c1-4-19-15(21)7-5-6-12-13-10-11(2)8-9-14(13)20-16(12)17(22)18-3/h8-10,20H,4-7H2,1-3H3,(H,18,22)(H,19,21). The molecule has 1 aromatic heterocycles. The second-order valence-electron chi connectivity index (χ2n) is 5.41. The lowest BCUT2D eigenvalue weighted by Crippen LogP contribution is -2.22. The topological polar surface area (TPSA) is 74.0 Å². The molecule has 3 N–H and O–H groups in total. The van der Waals surface area contributed by atoms with Crippen LogP contribution in [0.25, 0.3) is 10.9 Å². The molecule has 0 saturated heterocycles. The number of rotatable bonds is 6.